The summed E-state index contributed by atoms with van der Waals surface area (Å²) >= 11 is 1.59. The van der Waals surface area contributed by atoms with Crippen LogP contribution in [-0.2, 0) is 6.54 Å². The Balaban J connectivity index is 1.59. The quantitative estimate of drug-likeness (QED) is 0.431. The van der Waals surface area contributed by atoms with Crippen molar-refractivity contribution in [2.24, 2.45) is 0 Å². The lowest BCUT2D eigenvalue weighted by Crippen LogP contribution is -2.45. The molecule has 0 aliphatic carbocycles. The predicted octanol–water partition coefficient (Wildman–Crippen LogP) is 5.63. The first-order valence-electron chi connectivity index (χ1n) is 10.1. The minimum atomic E-state index is -0.440. The summed E-state index contributed by atoms with van der Waals surface area (Å²) in [4.78, 5) is 20.4. The first-order chi connectivity index (χ1) is 15.6. The number of aromatic nitrogens is 2. The maximum Gasteiger partial charge on any atom is 0.322 e. The van der Waals surface area contributed by atoms with Gasteiger partial charge in [-0.05, 0) is 48.2 Å². The summed E-state index contributed by atoms with van der Waals surface area (Å²) in [6.45, 7) is 2.33. The van der Waals surface area contributed by atoms with Crippen LogP contribution in [0.1, 0.15) is 29.3 Å². The molecule has 0 saturated carbocycles. The zero-order chi connectivity index (χ0) is 22.1. The number of nitrogens with one attached hydrogen (secondary N) is 1. The van der Waals surface area contributed by atoms with E-state index in [1.165, 1.54) is 12.1 Å². The van der Waals surface area contributed by atoms with Gasteiger partial charge in [0, 0.05) is 16.1 Å². The Morgan fingerprint density at radius 2 is 1.88 bits per heavy atom. The summed E-state index contributed by atoms with van der Waals surface area (Å²) in [6, 6.07) is 18.9. The zero-order valence-electron chi connectivity index (χ0n) is 17.2. The SMILES string of the molecule is CC1=C(c2nc(-c3ccc(F)cc3)no2)C(c2ccccc2)NC(=O)N1Cc1cccs1. The van der Waals surface area contributed by atoms with Crippen LogP contribution in [0.25, 0.3) is 17.0 Å². The van der Waals surface area contributed by atoms with E-state index in [2.05, 4.69) is 15.5 Å². The number of hydrogen-bond donors (Lipinski definition) is 1. The topological polar surface area (TPSA) is 71.3 Å². The third kappa shape index (κ3) is 3.80. The number of rotatable bonds is 5. The van der Waals surface area contributed by atoms with Gasteiger partial charge in [-0.15, -0.1) is 11.3 Å². The first-order valence-corrected chi connectivity index (χ1v) is 10.9. The highest BCUT2D eigenvalue weighted by Gasteiger charge is 2.35. The molecule has 32 heavy (non-hydrogen) atoms. The summed E-state index contributed by atoms with van der Waals surface area (Å²) in [5, 5.41) is 9.17. The Morgan fingerprint density at radius 3 is 2.59 bits per heavy atom. The number of hydrogen-bond acceptors (Lipinski definition) is 5. The van der Waals surface area contributed by atoms with Crippen LogP contribution < -0.4 is 5.32 Å². The lowest BCUT2D eigenvalue weighted by Gasteiger charge is -2.35. The molecule has 0 fully saturated rings. The van der Waals surface area contributed by atoms with Crippen molar-refractivity contribution in [3.63, 3.8) is 0 Å². The van der Waals surface area contributed by atoms with Gasteiger partial charge in [-0.25, -0.2) is 9.18 Å². The van der Waals surface area contributed by atoms with Gasteiger partial charge in [0.25, 0.3) is 5.89 Å². The molecule has 2 amide bonds. The van der Waals surface area contributed by atoms with E-state index in [9.17, 15) is 9.18 Å². The molecule has 8 heteroatoms. The molecule has 1 unspecified atom stereocenters. The fourth-order valence-corrected chi connectivity index (χ4v) is 4.44. The molecule has 1 N–H and O–H groups in total. The second kappa shape index (κ2) is 8.39. The molecule has 2 aromatic carbocycles. The summed E-state index contributed by atoms with van der Waals surface area (Å²) in [5.74, 6) is 0.333. The molecule has 0 bridgehead atoms. The minimum absolute atomic E-state index is 0.188. The van der Waals surface area contributed by atoms with Gasteiger partial charge in [-0.3, -0.25) is 4.90 Å². The number of amides is 2. The molecular weight excluding hydrogens is 427 g/mol. The van der Waals surface area contributed by atoms with Gasteiger partial charge in [-0.2, -0.15) is 4.98 Å². The Kier molecular flexibility index (Phi) is 5.28. The van der Waals surface area contributed by atoms with E-state index in [4.69, 9.17) is 4.52 Å². The highest BCUT2D eigenvalue weighted by atomic mass is 32.1. The molecule has 160 valence electrons. The van der Waals surface area contributed by atoms with Crippen molar-refractivity contribution in [3.05, 3.63) is 100.0 Å². The molecule has 3 heterocycles. The fraction of sp³-hybridized carbons (Fsp3) is 0.125. The standard InChI is InChI=1S/C24H19FN4O2S/c1-15-20(23-27-22(28-31-23)17-9-11-18(25)12-10-17)21(16-6-3-2-4-7-16)26-24(30)29(15)14-19-8-5-13-32-19/h2-13,21H,14H2,1H3,(H,26,30). The van der Waals surface area contributed by atoms with Crippen molar-refractivity contribution in [1.82, 2.24) is 20.4 Å². The molecule has 4 aromatic rings. The van der Waals surface area contributed by atoms with E-state index in [0.717, 1.165) is 21.7 Å². The van der Waals surface area contributed by atoms with Crippen molar-refractivity contribution >= 4 is 22.9 Å². The van der Waals surface area contributed by atoms with Crippen LogP contribution in [0.2, 0.25) is 0 Å². The van der Waals surface area contributed by atoms with Gasteiger partial charge in [0.15, 0.2) is 0 Å². The molecule has 6 nitrogen and oxygen atoms in total. The van der Waals surface area contributed by atoms with E-state index in [-0.39, 0.29) is 11.8 Å². The number of urea groups is 1. The number of allylic oxidation sites excluding steroid dienone is 1. The van der Waals surface area contributed by atoms with Gasteiger partial charge in [-0.1, -0.05) is 41.6 Å². The van der Waals surface area contributed by atoms with Gasteiger partial charge >= 0.3 is 6.03 Å². The predicted molar refractivity (Wildman–Crippen MR) is 120 cm³/mol. The molecule has 2 aromatic heterocycles. The molecule has 1 aliphatic rings. The highest BCUT2D eigenvalue weighted by Crippen LogP contribution is 2.38. The number of carbonyl (C=O) groups is 1. The van der Waals surface area contributed by atoms with Gasteiger partial charge in [0.2, 0.25) is 5.82 Å². The van der Waals surface area contributed by atoms with E-state index in [1.54, 1.807) is 28.4 Å². The van der Waals surface area contributed by atoms with E-state index < -0.39 is 6.04 Å². The maximum atomic E-state index is 13.3. The fourth-order valence-electron chi connectivity index (χ4n) is 3.75. The van der Waals surface area contributed by atoms with Crippen molar-refractivity contribution in [3.8, 4) is 11.4 Å². The molecule has 0 radical (unpaired) electrons. The van der Waals surface area contributed by atoms with Gasteiger partial charge < -0.3 is 9.84 Å². The summed E-state index contributed by atoms with van der Waals surface area (Å²) in [7, 11) is 0. The lowest BCUT2D eigenvalue weighted by molar-refractivity contribution is 0.203. The summed E-state index contributed by atoms with van der Waals surface area (Å²) < 4.78 is 18.9. The highest BCUT2D eigenvalue weighted by molar-refractivity contribution is 7.09. The Hall–Kier alpha value is -3.78. The minimum Gasteiger partial charge on any atom is -0.334 e. The molecule has 0 saturated heterocycles. The first kappa shape index (κ1) is 20.1. The normalized spacial score (nSPS) is 16.4. The Labute approximate surface area is 188 Å². The number of benzene rings is 2. The second-order valence-corrected chi connectivity index (χ2v) is 8.42. The monoisotopic (exact) mass is 446 g/mol. The van der Waals surface area contributed by atoms with E-state index in [1.807, 2.05) is 54.8 Å². The van der Waals surface area contributed by atoms with Crippen molar-refractivity contribution in [1.29, 1.82) is 0 Å². The molecule has 1 aliphatic heterocycles. The summed E-state index contributed by atoms with van der Waals surface area (Å²) in [6.07, 6.45) is 0. The van der Waals surface area contributed by atoms with Crippen molar-refractivity contribution < 1.29 is 13.7 Å². The van der Waals surface area contributed by atoms with Crippen LogP contribution in [0.4, 0.5) is 9.18 Å². The lowest BCUT2D eigenvalue weighted by atomic mass is 9.94. The van der Waals surface area contributed by atoms with Crippen LogP contribution in [-0.4, -0.2) is 21.1 Å². The van der Waals surface area contributed by atoms with Gasteiger partial charge in [0.1, 0.15) is 5.82 Å². The van der Waals surface area contributed by atoms with Crippen LogP contribution in [0.5, 0.6) is 0 Å². The average molecular weight is 447 g/mol. The van der Waals surface area contributed by atoms with Crippen LogP contribution >= 0.6 is 11.3 Å². The molecule has 5 rings (SSSR count). The van der Waals surface area contributed by atoms with Crippen LogP contribution in [0.3, 0.4) is 0 Å². The molecule has 0 spiro atoms. The summed E-state index contributed by atoms with van der Waals surface area (Å²) in [5.41, 5.74) is 3.03. The largest absolute Gasteiger partial charge is 0.334 e. The average Bonchev–Trinajstić information content (AvgIpc) is 3.50. The van der Waals surface area contributed by atoms with Crippen molar-refractivity contribution in [2.45, 2.75) is 19.5 Å². The maximum absolute atomic E-state index is 13.3. The van der Waals surface area contributed by atoms with E-state index >= 15 is 0 Å². The third-order valence-corrected chi connectivity index (χ3v) is 6.24. The molecule has 1 atom stereocenters. The van der Waals surface area contributed by atoms with Crippen LogP contribution in [0.15, 0.2) is 82.3 Å². The van der Waals surface area contributed by atoms with Gasteiger partial charge in [0.05, 0.1) is 18.2 Å². The van der Waals surface area contributed by atoms with Crippen molar-refractivity contribution in [2.75, 3.05) is 0 Å². The van der Waals surface area contributed by atoms with Crippen LogP contribution in [0, 0.1) is 5.82 Å². The number of thiophene rings is 1. The van der Waals surface area contributed by atoms with E-state index in [0.29, 0.717) is 23.8 Å². The Morgan fingerprint density at radius 1 is 1.09 bits per heavy atom. The molecular formula is C24H19FN4O2S. The second-order valence-electron chi connectivity index (χ2n) is 7.39. The smallest absolute Gasteiger partial charge is 0.322 e. The number of carbonyl (C=O) groups excluding carboxylic acids is 1. The Bertz CT molecular complexity index is 1270. The third-order valence-electron chi connectivity index (χ3n) is 5.38. The number of halogens is 1. The number of nitrogens with zero attached hydrogens (tertiary/aromatic N) is 3. The zero-order valence-corrected chi connectivity index (χ0v) is 18.0.